The van der Waals surface area contributed by atoms with Crippen LogP contribution in [-0.2, 0) is 26.2 Å². The van der Waals surface area contributed by atoms with Gasteiger partial charge in [-0.15, -0.1) is 0 Å². The van der Waals surface area contributed by atoms with Gasteiger partial charge in [0.2, 0.25) is 11.8 Å². The van der Waals surface area contributed by atoms with Crippen LogP contribution >= 0.6 is 23.2 Å². The van der Waals surface area contributed by atoms with E-state index in [1.54, 1.807) is 50.4 Å². The molecule has 8 nitrogen and oxygen atoms in total. The topological polar surface area (TPSA) is 96.0 Å². The van der Waals surface area contributed by atoms with Crippen LogP contribution in [0.4, 0.5) is 5.69 Å². The van der Waals surface area contributed by atoms with Crippen LogP contribution in [0.2, 0.25) is 10.0 Å². The minimum Gasteiger partial charge on any atom is -0.497 e. The third-order valence-electron chi connectivity index (χ3n) is 7.35. The molecule has 0 saturated heterocycles. The Morgan fingerprint density at radius 3 is 2.26 bits per heavy atom. The maximum atomic E-state index is 14.1. The van der Waals surface area contributed by atoms with Gasteiger partial charge < -0.3 is 15.0 Å². The van der Waals surface area contributed by atoms with Gasteiger partial charge in [-0.05, 0) is 67.8 Å². The molecule has 0 heterocycles. The Kier molecular flexibility index (Phi) is 10.8. The lowest BCUT2D eigenvalue weighted by atomic mass is 9.95. The van der Waals surface area contributed by atoms with Crippen molar-refractivity contribution >= 4 is 50.7 Å². The fourth-order valence-corrected chi connectivity index (χ4v) is 6.98. The molecule has 1 unspecified atom stereocenters. The van der Waals surface area contributed by atoms with E-state index in [1.165, 1.54) is 35.2 Å². The summed E-state index contributed by atoms with van der Waals surface area (Å²) >= 11 is 12.5. The van der Waals surface area contributed by atoms with Gasteiger partial charge in [-0.2, -0.15) is 0 Å². The van der Waals surface area contributed by atoms with Crippen molar-refractivity contribution in [2.75, 3.05) is 18.0 Å². The zero-order valence-corrected chi connectivity index (χ0v) is 26.0. The number of sulfonamides is 1. The third kappa shape index (κ3) is 7.96. The van der Waals surface area contributed by atoms with Crippen molar-refractivity contribution in [2.24, 2.45) is 0 Å². The van der Waals surface area contributed by atoms with Crippen LogP contribution in [0.15, 0.2) is 77.7 Å². The van der Waals surface area contributed by atoms with Crippen LogP contribution < -0.4 is 14.4 Å². The summed E-state index contributed by atoms with van der Waals surface area (Å²) in [6.07, 6.45) is 5.00. The molecule has 42 heavy (non-hydrogen) atoms. The van der Waals surface area contributed by atoms with Crippen molar-refractivity contribution in [3.05, 3.63) is 88.4 Å². The lowest BCUT2D eigenvalue weighted by Gasteiger charge is -2.33. The number of benzene rings is 3. The van der Waals surface area contributed by atoms with Crippen molar-refractivity contribution in [3.63, 3.8) is 0 Å². The molecule has 1 fully saturated rings. The highest BCUT2D eigenvalue weighted by molar-refractivity contribution is 7.92. The van der Waals surface area contributed by atoms with Gasteiger partial charge in [0.25, 0.3) is 10.0 Å². The summed E-state index contributed by atoms with van der Waals surface area (Å²) in [5, 5.41) is 3.52. The predicted octanol–water partition coefficient (Wildman–Crippen LogP) is 6.06. The minimum atomic E-state index is -4.22. The lowest BCUT2D eigenvalue weighted by Crippen LogP contribution is -2.53. The van der Waals surface area contributed by atoms with Gasteiger partial charge in [0, 0.05) is 22.6 Å². The van der Waals surface area contributed by atoms with Crippen LogP contribution in [0.5, 0.6) is 5.75 Å². The predicted molar refractivity (Wildman–Crippen MR) is 165 cm³/mol. The van der Waals surface area contributed by atoms with Crippen molar-refractivity contribution in [1.29, 1.82) is 0 Å². The van der Waals surface area contributed by atoms with E-state index in [9.17, 15) is 18.0 Å². The van der Waals surface area contributed by atoms with E-state index in [0.717, 1.165) is 42.0 Å². The first kappa shape index (κ1) is 31.7. The minimum absolute atomic E-state index is 0.00339. The van der Waals surface area contributed by atoms with Gasteiger partial charge in [-0.3, -0.25) is 13.9 Å². The molecular weight excluding hydrogens is 597 g/mol. The van der Waals surface area contributed by atoms with E-state index in [2.05, 4.69) is 5.32 Å². The summed E-state index contributed by atoms with van der Waals surface area (Å²) in [7, 11) is -2.67. The van der Waals surface area contributed by atoms with Crippen molar-refractivity contribution in [3.8, 4) is 5.75 Å². The molecule has 0 bridgehead atoms. The summed E-state index contributed by atoms with van der Waals surface area (Å²) in [6, 6.07) is 18.5. The quantitative estimate of drug-likeness (QED) is 0.277. The van der Waals surface area contributed by atoms with Crippen LogP contribution in [0.3, 0.4) is 0 Å². The van der Waals surface area contributed by atoms with Gasteiger partial charge in [0.1, 0.15) is 18.3 Å². The highest BCUT2D eigenvalue weighted by atomic mass is 35.5. The second-order valence-corrected chi connectivity index (χ2v) is 13.1. The van der Waals surface area contributed by atoms with Crippen LogP contribution in [0.25, 0.3) is 0 Å². The number of amides is 2. The van der Waals surface area contributed by atoms with Crippen molar-refractivity contribution in [1.82, 2.24) is 10.2 Å². The Morgan fingerprint density at radius 1 is 0.952 bits per heavy atom. The fraction of sp³-hybridized carbons (Fsp3) is 0.355. The Morgan fingerprint density at radius 2 is 1.62 bits per heavy atom. The number of halogens is 2. The van der Waals surface area contributed by atoms with E-state index >= 15 is 0 Å². The summed E-state index contributed by atoms with van der Waals surface area (Å²) < 4.78 is 34.1. The number of hydrogen-bond acceptors (Lipinski definition) is 5. The number of carbonyl (C=O) groups is 2. The molecular formula is C31H35Cl2N3O5S. The number of ether oxygens (including phenoxy) is 1. The maximum Gasteiger partial charge on any atom is 0.264 e. The average Bonchev–Trinajstić information content (AvgIpc) is 2.98. The monoisotopic (exact) mass is 631 g/mol. The molecule has 0 radical (unpaired) electrons. The Hall–Kier alpha value is -3.27. The number of nitrogens with zero attached hydrogens (tertiary/aromatic N) is 2. The van der Waals surface area contributed by atoms with E-state index in [-0.39, 0.29) is 39.1 Å². The summed E-state index contributed by atoms with van der Waals surface area (Å²) in [5.41, 5.74) is 0.855. The van der Waals surface area contributed by atoms with Gasteiger partial charge in [-0.1, -0.05) is 72.8 Å². The second-order valence-electron chi connectivity index (χ2n) is 10.3. The molecule has 1 atom stereocenters. The Labute approximate surface area is 257 Å². The van der Waals surface area contributed by atoms with Crippen LogP contribution in [0, 0.1) is 0 Å². The lowest BCUT2D eigenvalue weighted by molar-refractivity contribution is -0.139. The van der Waals surface area contributed by atoms with E-state index in [4.69, 9.17) is 27.9 Å². The number of anilines is 1. The van der Waals surface area contributed by atoms with Gasteiger partial charge in [0.15, 0.2) is 0 Å². The first-order chi connectivity index (χ1) is 20.1. The molecule has 0 spiro atoms. The van der Waals surface area contributed by atoms with Crippen LogP contribution in [0.1, 0.15) is 44.6 Å². The molecule has 4 rings (SSSR count). The molecule has 0 aliphatic heterocycles. The molecule has 3 aromatic rings. The van der Waals surface area contributed by atoms with E-state index in [0.29, 0.717) is 5.75 Å². The second kappa shape index (κ2) is 14.3. The molecule has 2 amide bonds. The van der Waals surface area contributed by atoms with Gasteiger partial charge in [-0.25, -0.2) is 8.42 Å². The Bertz CT molecular complexity index is 1480. The zero-order chi connectivity index (χ0) is 30.3. The molecule has 11 heteroatoms. The third-order valence-corrected chi connectivity index (χ3v) is 9.58. The molecule has 1 N–H and O–H groups in total. The number of nitrogens with one attached hydrogen (secondary N) is 1. The zero-order valence-electron chi connectivity index (χ0n) is 23.6. The highest BCUT2D eigenvalue weighted by Gasteiger charge is 2.33. The molecule has 1 aliphatic carbocycles. The summed E-state index contributed by atoms with van der Waals surface area (Å²) in [5.74, 6) is -0.262. The van der Waals surface area contributed by atoms with Gasteiger partial charge >= 0.3 is 0 Å². The first-order valence-corrected chi connectivity index (χ1v) is 16.0. The number of carbonyl (C=O) groups excluding carboxylic acids is 2. The standard InChI is InChI=1S/C31H35Cl2N3O5S/c1-22(31(38)34-26-11-5-3-6-12-26)35(20-23-10-9-13-28(16-23)41-2)30(37)21-36(27-18-24(32)17-25(33)19-27)42(39,40)29-14-7-4-8-15-29/h4,7-10,13-19,22,26H,3,5-6,11-12,20-21H2,1-2H3,(H,34,38). The maximum absolute atomic E-state index is 14.1. The summed E-state index contributed by atoms with van der Waals surface area (Å²) in [6.45, 7) is 1.13. The number of rotatable bonds is 11. The Balaban J connectivity index is 1.70. The smallest absolute Gasteiger partial charge is 0.264 e. The van der Waals surface area contributed by atoms with Crippen molar-refractivity contribution in [2.45, 2.75) is 62.6 Å². The molecule has 224 valence electrons. The largest absolute Gasteiger partial charge is 0.497 e. The summed E-state index contributed by atoms with van der Waals surface area (Å²) in [4.78, 5) is 28.9. The molecule has 3 aromatic carbocycles. The first-order valence-electron chi connectivity index (χ1n) is 13.8. The fourth-order valence-electron chi connectivity index (χ4n) is 5.05. The number of methoxy groups -OCH3 is 1. The van der Waals surface area contributed by atoms with Crippen LogP contribution in [-0.4, -0.2) is 50.9 Å². The molecule has 1 aliphatic rings. The SMILES string of the molecule is COc1cccc(CN(C(=O)CN(c2cc(Cl)cc(Cl)c2)S(=O)(=O)c2ccccc2)C(C)C(=O)NC2CCCCC2)c1. The van der Waals surface area contributed by atoms with Crippen molar-refractivity contribution < 1.29 is 22.7 Å². The average molecular weight is 633 g/mol. The molecule has 1 saturated carbocycles. The van der Waals surface area contributed by atoms with Gasteiger partial charge in [0.05, 0.1) is 17.7 Å². The normalized spacial score (nSPS) is 14.6. The molecule has 0 aromatic heterocycles. The van der Waals surface area contributed by atoms with E-state index in [1.807, 2.05) is 6.07 Å². The highest BCUT2D eigenvalue weighted by Crippen LogP contribution is 2.30. The van der Waals surface area contributed by atoms with E-state index < -0.39 is 28.5 Å². The number of hydrogen-bond donors (Lipinski definition) is 1.